The number of carbonyl (C=O) groups is 3. The summed E-state index contributed by atoms with van der Waals surface area (Å²) in [5.74, 6) is -1.53. The van der Waals surface area contributed by atoms with Gasteiger partial charge in [-0.3, -0.25) is 9.69 Å². The first-order valence-electron chi connectivity index (χ1n) is 13.3. The summed E-state index contributed by atoms with van der Waals surface area (Å²) in [6.07, 6.45) is -2.49. The Morgan fingerprint density at radius 2 is 1.71 bits per heavy atom. The van der Waals surface area contributed by atoms with Gasteiger partial charge in [-0.2, -0.15) is 0 Å². The molecule has 2 saturated heterocycles. The molecule has 0 spiro atoms. The van der Waals surface area contributed by atoms with E-state index < -0.39 is 56.1 Å². The van der Waals surface area contributed by atoms with E-state index in [2.05, 4.69) is 33.9 Å². The van der Waals surface area contributed by atoms with Gasteiger partial charge in [-0.25, -0.2) is 14.5 Å². The van der Waals surface area contributed by atoms with Gasteiger partial charge < -0.3 is 19.0 Å². The molecule has 3 amide bonds. The predicted molar refractivity (Wildman–Crippen MR) is 146 cm³/mol. The molecule has 1 aromatic carbocycles. The number of aliphatic hydroxyl groups is 1. The Labute approximate surface area is 227 Å². The lowest BCUT2D eigenvalue weighted by Gasteiger charge is -2.38. The third kappa shape index (κ3) is 6.58. The molecule has 38 heavy (non-hydrogen) atoms. The number of ether oxygens (including phenoxy) is 2. The number of imide groups is 1. The topological polar surface area (TPSA) is 106 Å². The van der Waals surface area contributed by atoms with Crippen LogP contribution in [0.4, 0.5) is 9.59 Å². The Kier molecular flexibility index (Phi) is 8.70. The average Bonchev–Trinajstić information content (AvgIpc) is 3.39. The lowest BCUT2D eigenvalue weighted by atomic mass is 9.93. The van der Waals surface area contributed by atoms with Gasteiger partial charge in [-0.05, 0) is 50.9 Å². The first-order chi connectivity index (χ1) is 17.4. The van der Waals surface area contributed by atoms with Crippen LogP contribution in [0.1, 0.15) is 66.5 Å². The lowest BCUT2D eigenvalue weighted by molar-refractivity contribution is -0.138. The summed E-state index contributed by atoms with van der Waals surface area (Å²) in [6.45, 7) is 17.9. The minimum Gasteiger partial charge on any atom is -0.446 e. The standard InChI is InChI=1S/C28H44N2O7Si/c1-18(24(32)30-22(17-35-26(30)34)19-13-11-10-12-14-19)23(31)21-15-20(37-38(8,9)28(5,6)7)16-29(21)25(33)36-27(2,3)4/h10-14,18,20-23,31H,15-17H2,1-9H3/t18-,20?,21?,22+,23-/m1/s1. The van der Waals surface area contributed by atoms with Gasteiger partial charge in [-0.1, -0.05) is 58.0 Å². The average molecular weight is 549 g/mol. The highest BCUT2D eigenvalue weighted by Crippen LogP contribution is 2.40. The zero-order chi connectivity index (χ0) is 28.6. The molecule has 212 valence electrons. The SMILES string of the molecule is C[C@@H](C(=O)N1C(=O)OC[C@H]1c1ccccc1)[C@@H](O)C1CC(O[Si](C)(C)C(C)(C)C)CN1C(=O)OC(C)(C)C. The fourth-order valence-electron chi connectivity index (χ4n) is 4.64. The molecular formula is C28H44N2O7Si. The predicted octanol–water partition coefficient (Wildman–Crippen LogP) is 5.10. The highest BCUT2D eigenvalue weighted by Gasteiger charge is 2.49. The van der Waals surface area contributed by atoms with Crippen molar-refractivity contribution in [3.63, 3.8) is 0 Å². The molecule has 0 aliphatic carbocycles. The molecular weight excluding hydrogens is 504 g/mol. The van der Waals surface area contributed by atoms with E-state index in [0.717, 1.165) is 10.5 Å². The lowest BCUT2D eigenvalue weighted by Crippen LogP contribution is -2.51. The summed E-state index contributed by atoms with van der Waals surface area (Å²) >= 11 is 0. The smallest absolute Gasteiger partial charge is 0.417 e. The number of likely N-dealkylation sites (tertiary alicyclic amines) is 1. The first kappa shape index (κ1) is 30.1. The van der Waals surface area contributed by atoms with Crippen molar-refractivity contribution in [1.29, 1.82) is 0 Å². The van der Waals surface area contributed by atoms with Crippen molar-refractivity contribution in [1.82, 2.24) is 9.80 Å². The van der Waals surface area contributed by atoms with Gasteiger partial charge in [0.15, 0.2) is 8.32 Å². The molecule has 2 fully saturated rings. The van der Waals surface area contributed by atoms with Crippen LogP contribution < -0.4 is 0 Å². The molecule has 10 heteroatoms. The fourth-order valence-corrected chi connectivity index (χ4v) is 6.00. The molecule has 2 aliphatic rings. The highest BCUT2D eigenvalue weighted by molar-refractivity contribution is 6.74. The number of amides is 3. The molecule has 0 saturated carbocycles. The van der Waals surface area contributed by atoms with Gasteiger partial charge in [0.2, 0.25) is 5.91 Å². The van der Waals surface area contributed by atoms with Crippen molar-refractivity contribution in [2.45, 2.75) is 103 Å². The van der Waals surface area contributed by atoms with Crippen molar-refractivity contribution in [3.8, 4) is 0 Å². The minimum atomic E-state index is -2.17. The van der Waals surface area contributed by atoms with Crippen molar-refractivity contribution >= 4 is 26.4 Å². The third-order valence-corrected chi connectivity index (χ3v) is 12.3. The molecule has 2 heterocycles. The fraction of sp³-hybridized carbons (Fsp3) is 0.679. The molecule has 0 radical (unpaired) electrons. The van der Waals surface area contributed by atoms with Gasteiger partial charge in [-0.15, -0.1) is 0 Å². The Hall–Kier alpha value is -2.43. The maximum absolute atomic E-state index is 13.6. The summed E-state index contributed by atoms with van der Waals surface area (Å²) in [5, 5.41) is 11.5. The van der Waals surface area contributed by atoms with Gasteiger partial charge in [0.25, 0.3) is 0 Å². The zero-order valence-electron chi connectivity index (χ0n) is 24.2. The number of hydrogen-bond acceptors (Lipinski definition) is 7. The van der Waals surface area contributed by atoms with Crippen LogP contribution in [0.2, 0.25) is 18.1 Å². The van der Waals surface area contributed by atoms with Crippen molar-refractivity contribution < 1.29 is 33.4 Å². The number of rotatable bonds is 6. The van der Waals surface area contributed by atoms with Crippen molar-refractivity contribution in [2.24, 2.45) is 5.92 Å². The number of nitrogens with zero attached hydrogens (tertiary/aromatic N) is 2. The summed E-state index contributed by atoms with van der Waals surface area (Å²) < 4.78 is 17.4. The van der Waals surface area contributed by atoms with Crippen LogP contribution in [0.5, 0.6) is 0 Å². The summed E-state index contributed by atoms with van der Waals surface area (Å²) in [5.41, 5.74) is 0.0432. The Morgan fingerprint density at radius 3 is 2.26 bits per heavy atom. The Balaban J connectivity index is 1.84. The van der Waals surface area contributed by atoms with Crippen LogP contribution in [0.15, 0.2) is 30.3 Å². The van der Waals surface area contributed by atoms with Crippen LogP contribution in [0.3, 0.4) is 0 Å². The van der Waals surface area contributed by atoms with Crippen molar-refractivity contribution in [3.05, 3.63) is 35.9 Å². The molecule has 5 atom stereocenters. The van der Waals surface area contributed by atoms with Crippen LogP contribution in [-0.2, 0) is 18.7 Å². The molecule has 0 bridgehead atoms. The van der Waals surface area contributed by atoms with E-state index in [1.165, 1.54) is 4.90 Å². The number of benzene rings is 1. The van der Waals surface area contributed by atoms with E-state index in [1.54, 1.807) is 27.7 Å². The second kappa shape index (κ2) is 11.0. The van der Waals surface area contributed by atoms with Gasteiger partial charge in [0, 0.05) is 6.54 Å². The summed E-state index contributed by atoms with van der Waals surface area (Å²) in [6, 6.07) is 7.89. The zero-order valence-corrected chi connectivity index (χ0v) is 25.2. The van der Waals surface area contributed by atoms with E-state index in [9.17, 15) is 19.5 Å². The molecule has 2 aliphatic heterocycles. The maximum Gasteiger partial charge on any atom is 0.417 e. The van der Waals surface area contributed by atoms with Crippen LogP contribution in [0, 0.1) is 5.92 Å². The van der Waals surface area contributed by atoms with E-state index in [-0.39, 0.29) is 24.3 Å². The molecule has 2 unspecified atom stereocenters. The Morgan fingerprint density at radius 1 is 1.11 bits per heavy atom. The summed E-state index contributed by atoms with van der Waals surface area (Å²) in [4.78, 5) is 41.9. The van der Waals surface area contributed by atoms with Crippen LogP contribution in [-0.4, -0.2) is 78.3 Å². The minimum absolute atomic E-state index is 0.0354. The molecule has 1 N–H and O–H groups in total. The number of carbonyl (C=O) groups excluding carboxylic acids is 3. The van der Waals surface area contributed by atoms with Crippen molar-refractivity contribution in [2.75, 3.05) is 13.2 Å². The monoisotopic (exact) mass is 548 g/mol. The summed E-state index contributed by atoms with van der Waals surface area (Å²) in [7, 11) is -2.17. The molecule has 3 rings (SSSR count). The first-order valence-corrected chi connectivity index (χ1v) is 16.2. The normalized spacial score (nSPS) is 24.3. The second-order valence-electron chi connectivity index (χ2n) is 12.9. The molecule has 1 aromatic rings. The van der Waals surface area contributed by atoms with Crippen LogP contribution >= 0.6 is 0 Å². The van der Waals surface area contributed by atoms with E-state index in [4.69, 9.17) is 13.9 Å². The second-order valence-corrected chi connectivity index (χ2v) is 17.7. The van der Waals surface area contributed by atoms with Crippen LogP contribution in [0.25, 0.3) is 0 Å². The Bertz CT molecular complexity index is 1020. The van der Waals surface area contributed by atoms with Gasteiger partial charge >= 0.3 is 12.2 Å². The van der Waals surface area contributed by atoms with E-state index >= 15 is 0 Å². The number of aliphatic hydroxyl groups excluding tert-OH is 1. The molecule has 9 nitrogen and oxygen atoms in total. The maximum atomic E-state index is 13.6. The largest absolute Gasteiger partial charge is 0.446 e. The van der Waals surface area contributed by atoms with Gasteiger partial charge in [0.05, 0.1) is 24.2 Å². The highest BCUT2D eigenvalue weighted by atomic mass is 28.4. The van der Waals surface area contributed by atoms with E-state index in [1.807, 2.05) is 30.3 Å². The number of cyclic esters (lactones) is 1. The third-order valence-electron chi connectivity index (χ3n) is 7.79. The quantitative estimate of drug-likeness (QED) is 0.493. The van der Waals surface area contributed by atoms with E-state index in [0.29, 0.717) is 6.42 Å². The number of hydrogen-bond donors (Lipinski definition) is 1. The molecule has 0 aromatic heterocycles. The van der Waals surface area contributed by atoms with Gasteiger partial charge in [0.1, 0.15) is 18.2 Å².